The molecule has 8 nitrogen and oxygen atoms in total. The number of carbonyl (C=O) groups is 2. The summed E-state index contributed by atoms with van der Waals surface area (Å²) >= 11 is 0. The van der Waals surface area contributed by atoms with Crippen LogP contribution in [-0.2, 0) is 9.59 Å². The first-order valence-electron chi connectivity index (χ1n) is 12.1. The maximum absolute atomic E-state index is 13.0. The zero-order valence-corrected chi connectivity index (χ0v) is 20.0. The summed E-state index contributed by atoms with van der Waals surface area (Å²) in [5.74, 6) is 0.0181. The number of non-ortho nitro benzene ring substituents is 1. The van der Waals surface area contributed by atoms with Crippen LogP contribution >= 0.6 is 0 Å². The monoisotopic (exact) mass is 485 g/mol. The molecule has 1 heterocycles. The van der Waals surface area contributed by atoms with Gasteiger partial charge in [-0.05, 0) is 38.7 Å². The van der Waals surface area contributed by atoms with Gasteiger partial charge in [0.25, 0.3) is 5.69 Å². The first-order chi connectivity index (χ1) is 17.3. The van der Waals surface area contributed by atoms with Crippen molar-refractivity contribution >= 4 is 28.3 Å². The SMILES string of the molecule is C=C[C@H]1C[C@]1(NC(=O)[C@H]1CCC(Oc2cc(-c3ccccc3)nc3ccc([N+](=O)[O-])cc23)C1)C(C)=O. The maximum atomic E-state index is 13.0. The van der Waals surface area contributed by atoms with Gasteiger partial charge in [-0.15, -0.1) is 6.58 Å². The van der Waals surface area contributed by atoms with Crippen LogP contribution in [0.25, 0.3) is 22.2 Å². The van der Waals surface area contributed by atoms with Crippen LogP contribution in [0.4, 0.5) is 5.69 Å². The van der Waals surface area contributed by atoms with E-state index in [-0.39, 0.29) is 35.3 Å². The average Bonchev–Trinajstić information content (AvgIpc) is 3.40. The molecule has 1 unspecified atom stereocenters. The van der Waals surface area contributed by atoms with E-state index in [9.17, 15) is 19.7 Å². The fraction of sp³-hybridized carbons (Fsp3) is 0.321. The number of ether oxygens (including phenoxy) is 1. The van der Waals surface area contributed by atoms with Gasteiger partial charge in [0.1, 0.15) is 11.3 Å². The summed E-state index contributed by atoms with van der Waals surface area (Å²) < 4.78 is 6.38. The van der Waals surface area contributed by atoms with Gasteiger partial charge in [0.05, 0.1) is 22.2 Å². The molecule has 2 aliphatic rings. The highest BCUT2D eigenvalue weighted by Gasteiger charge is 2.58. The Morgan fingerprint density at radius 3 is 2.64 bits per heavy atom. The Bertz CT molecular complexity index is 1370. The van der Waals surface area contributed by atoms with Gasteiger partial charge >= 0.3 is 0 Å². The van der Waals surface area contributed by atoms with E-state index in [1.54, 1.807) is 18.2 Å². The van der Waals surface area contributed by atoms with Crippen molar-refractivity contribution < 1.29 is 19.2 Å². The molecule has 1 N–H and O–H groups in total. The molecule has 36 heavy (non-hydrogen) atoms. The molecule has 4 atom stereocenters. The number of nitrogens with zero attached hydrogens (tertiary/aromatic N) is 2. The first kappa shape index (κ1) is 23.7. The molecule has 2 saturated carbocycles. The number of Topliss-reactive ketones (excluding diaryl/α,β-unsaturated/α-hetero) is 1. The number of pyridine rings is 1. The number of benzene rings is 2. The third kappa shape index (κ3) is 4.34. The second-order valence-electron chi connectivity index (χ2n) is 9.64. The highest BCUT2D eigenvalue weighted by Crippen LogP contribution is 2.46. The fourth-order valence-electron chi connectivity index (χ4n) is 5.15. The van der Waals surface area contributed by atoms with Gasteiger partial charge in [0.2, 0.25) is 5.91 Å². The molecule has 2 aliphatic carbocycles. The van der Waals surface area contributed by atoms with Gasteiger partial charge in [-0.2, -0.15) is 0 Å². The smallest absolute Gasteiger partial charge is 0.270 e. The van der Waals surface area contributed by atoms with E-state index < -0.39 is 10.5 Å². The molecule has 1 aromatic heterocycles. The summed E-state index contributed by atoms with van der Waals surface area (Å²) in [6.07, 6.45) is 3.87. The Kier molecular flexibility index (Phi) is 6.04. The number of hydrogen-bond donors (Lipinski definition) is 1. The van der Waals surface area contributed by atoms with E-state index >= 15 is 0 Å². The van der Waals surface area contributed by atoms with Crippen molar-refractivity contribution in [1.29, 1.82) is 0 Å². The predicted octanol–water partition coefficient (Wildman–Crippen LogP) is 5.01. The van der Waals surface area contributed by atoms with Crippen molar-refractivity contribution in [3.8, 4) is 17.0 Å². The van der Waals surface area contributed by atoms with Gasteiger partial charge in [-0.3, -0.25) is 19.7 Å². The number of aromatic nitrogens is 1. The lowest BCUT2D eigenvalue weighted by atomic mass is 10.0. The number of fused-ring (bicyclic) bond motifs is 1. The molecule has 184 valence electrons. The molecule has 1 amide bonds. The molecule has 0 radical (unpaired) electrons. The van der Waals surface area contributed by atoms with Crippen molar-refractivity contribution in [2.45, 2.75) is 44.2 Å². The molecular formula is C28H27N3O5. The Labute approximate surface area is 208 Å². The second-order valence-corrected chi connectivity index (χ2v) is 9.64. The van der Waals surface area contributed by atoms with E-state index in [2.05, 4.69) is 11.9 Å². The van der Waals surface area contributed by atoms with Crippen LogP contribution in [0.1, 0.15) is 32.6 Å². The van der Waals surface area contributed by atoms with Gasteiger partial charge in [0, 0.05) is 41.0 Å². The minimum atomic E-state index is -0.817. The molecule has 0 spiro atoms. The van der Waals surface area contributed by atoms with Crippen molar-refractivity contribution in [1.82, 2.24) is 10.3 Å². The molecule has 0 bridgehead atoms. The Hall–Kier alpha value is -4.07. The topological polar surface area (TPSA) is 111 Å². The zero-order valence-electron chi connectivity index (χ0n) is 20.0. The van der Waals surface area contributed by atoms with Gasteiger partial charge in [0.15, 0.2) is 5.78 Å². The first-order valence-corrected chi connectivity index (χ1v) is 12.1. The number of hydrogen-bond acceptors (Lipinski definition) is 6. The minimum absolute atomic E-state index is 0.0252. The lowest BCUT2D eigenvalue weighted by molar-refractivity contribution is -0.384. The van der Waals surface area contributed by atoms with Crippen LogP contribution < -0.4 is 10.1 Å². The van der Waals surface area contributed by atoms with Crippen LogP contribution in [-0.4, -0.2) is 33.2 Å². The number of nitro groups is 1. The van der Waals surface area contributed by atoms with Crippen molar-refractivity contribution in [3.05, 3.63) is 77.4 Å². The van der Waals surface area contributed by atoms with Crippen LogP contribution in [0.3, 0.4) is 0 Å². The highest BCUT2D eigenvalue weighted by atomic mass is 16.6. The standard InChI is InChI=1S/C28H27N3O5/c1-3-20-16-28(20,17(2)32)30-27(33)19-9-11-22(13-19)36-26-15-25(18-7-5-4-6-8-18)29-24-12-10-21(31(34)35)14-23(24)26/h3-8,10,12,14-15,19-20,22H,1,9,11,13,16H2,2H3,(H,30,33)/t19-,20-,22?,28-/m0/s1. The van der Waals surface area contributed by atoms with Gasteiger partial charge in [-0.25, -0.2) is 4.98 Å². The Balaban J connectivity index is 1.39. The Morgan fingerprint density at radius 2 is 1.97 bits per heavy atom. The number of rotatable bonds is 8. The number of amides is 1. The summed E-state index contributed by atoms with van der Waals surface area (Å²) in [5.41, 5.74) is 1.34. The lowest BCUT2D eigenvalue weighted by Gasteiger charge is -2.19. The van der Waals surface area contributed by atoms with Crippen LogP contribution in [0, 0.1) is 22.0 Å². The second kappa shape index (κ2) is 9.18. The number of nitrogens with one attached hydrogen (secondary N) is 1. The molecule has 0 saturated heterocycles. The van der Waals surface area contributed by atoms with Crippen molar-refractivity contribution in [2.75, 3.05) is 0 Å². The molecule has 5 rings (SSSR count). The zero-order chi connectivity index (χ0) is 25.4. The van der Waals surface area contributed by atoms with Crippen LogP contribution in [0.5, 0.6) is 5.75 Å². The average molecular weight is 486 g/mol. The Morgan fingerprint density at radius 1 is 1.19 bits per heavy atom. The normalized spacial score (nSPS) is 24.8. The summed E-state index contributed by atoms with van der Waals surface area (Å²) in [6, 6.07) is 16.0. The van der Waals surface area contributed by atoms with Gasteiger partial charge in [-0.1, -0.05) is 36.4 Å². The molecule has 8 heteroatoms. The number of nitro benzene ring substituents is 1. The molecule has 2 fully saturated rings. The third-order valence-electron chi connectivity index (χ3n) is 7.36. The lowest BCUT2D eigenvalue weighted by Crippen LogP contribution is -2.46. The third-order valence-corrected chi connectivity index (χ3v) is 7.36. The van der Waals surface area contributed by atoms with E-state index in [1.165, 1.54) is 19.1 Å². The summed E-state index contributed by atoms with van der Waals surface area (Å²) in [5, 5.41) is 14.9. The molecule has 0 aliphatic heterocycles. The van der Waals surface area contributed by atoms with Crippen molar-refractivity contribution in [2.24, 2.45) is 11.8 Å². The van der Waals surface area contributed by atoms with E-state index in [0.29, 0.717) is 48.0 Å². The van der Waals surface area contributed by atoms with Crippen LogP contribution in [0.15, 0.2) is 67.3 Å². The van der Waals surface area contributed by atoms with E-state index in [0.717, 1.165) is 5.56 Å². The number of ketones is 1. The van der Waals surface area contributed by atoms with E-state index in [4.69, 9.17) is 9.72 Å². The fourth-order valence-corrected chi connectivity index (χ4v) is 5.15. The highest BCUT2D eigenvalue weighted by molar-refractivity contribution is 5.95. The van der Waals surface area contributed by atoms with E-state index in [1.807, 2.05) is 30.3 Å². The maximum Gasteiger partial charge on any atom is 0.270 e. The molecular weight excluding hydrogens is 458 g/mol. The van der Waals surface area contributed by atoms with Crippen LogP contribution in [0.2, 0.25) is 0 Å². The quantitative estimate of drug-likeness (QED) is 0.273. The van der Waals surface area contributed by atoms with Crippen molar-refractivity contribution in [3.63, 3.8) is 0 Å². The van der Waals surface area contributed by atoms with Gasteiger partial charge < -0.3 is 10.1 Å². The largest absolute Gasteiger partial charge is 0.490 e. The predicted molar refractivity (Wildman–Crippen MR) is 135 cm³/mol. The molecule has 3 aromatic rings. The molecule has 2 aromatic carbocycles. The summed E-state index contributed by atoms with van der Waals surface area (Å²) in [4.78, 5) is 40.8. The summed E-state index contributed by atoms with van der Waals surface area (Å²) in [7, 11) is 0. The summed E-state index contributed by atoms with van der Waals surface area (Å²) in [6.45, 7) is 5.27. The minimum Gasteiger partial charge on any atom is -0.490 e. The number of carbonyl (C=O) groups excluding carboxylic acids is 2.